The molecule has 0 radical (unpaired) electrons. The van der Waals surface area contributed by atoms with E-state index in [-0.39, 0.29) is 4.47 Å². The van der Waals surface area contributed by atoms with Crippen LogP contribution in [0.15, 0.2) is 40.9 Å². The maximum Gasteiger partial charge on any atom is 0.149 e. The van der Waals surface area contributed by atoms with Crippen molar-refractivity contribution in [3.8, 4) is 0 Å². The molecule has 104 valence electrons. The molecule has 0 aromatic heterocycles. The summed E-state index contributed by atoms with van der Waals surface area (Å²) in [6.45, 7) is 0.523. The third-order valence-corrected chi connectivity index (χ3v) is 4.10. The number of halogens is 3. The highest BCUT2D eigenvalue weighted by atomic mass is 79.9. The fraction of sp³-hybridized carbons (Fsp3) is 0.250. The zero-order valence-corrected chi connectivity index (χ0v) is 12.4. The van der Waals surface area contributed by atoms with Gasteiger partial charge in [-0.15, -0.1) is 0 Å². The third-order valence-electron chi connectivity index (χ3n) is 3.49. The Morgan fingerprint density at radius 1 is 1.10 bits per heavy atom. The molecule has 0 unspecified atom stereocenters. The number of nitrogens with one attached hydrogen (secondary N) is 1. The van der Waals surface area contributed by atoms with Crippen LogP contribution in [0.1, 0.15) is 29.9 Å². The summed E-state index contributed by atoms with van der Waals surface area (Å²) in [6.07, 6.45) is 2.52. The van der Waals surface area contributed by atoms with Crippen LogP contribution in [-0.4, -0.2) is 0 Å². The van der Waals surface area contributed by atoms with Crippen LogP contribution < -0.4 is 5.32 Å². The molecule has 2 aromatic carbocycles. The molecule has 0 aliphatic heterocycles. The molecule has 1 aliphatic rings. The van der Waals surface area contributed by atoms with Gasteiger partial charge < -0.3 is 5.32 Å². The van der Waals surface area contributed by atoms with Crippen LogP contribution in [-0.2, 0) is 6.54 Å². The first-order valence-corrected chi connectivity index (χ1v) is 7.40. The molecule has 0 bridgehead atoms. The van der Waals surface area contributed by atoms with Crippen molar-refractivity contribution in [1.82, 2.24) is 0 Å². The summed E-state index contributed by atoms with van der Waals surface area (Å²) < 4.78 is 27.0. The molecule has 2 aromatic rings. The topological polar surface area (TPSA) is 12.0 Å². The summed E-state index contributed by atoms with van der Waals surface area (Å²) in [5.74, 6) is -0.473. The van der Waals surface area contributed by atoms with Gasteiger partial charge in [0.05, 0.1) is 10.2 Å². The van der Waals surface area contributed by atoms with Gasteiger partial charge in [0.1, 0.15) is 11.6 Å². The van der Waals surface area contributed by atoms with E-state index in [9.17, 15) is 8.78 Å². The third kappa shape index (κ3) is 3.01. The fourth-order valence-electron chi connectivity index (χ4n) is 2.23. The first-order valence-electron chi connectivity index (χ1n) is 6.61. The molecular formula is C16H14BrF2N. The van der Waals surface area contributed by atoms with Crippen LogP contribution in [0.4, 0.5) is 14.5 Å². The molecule has 0 atom stereocenters. The standard InChI is InChI=1S/C16H14BrF2N/c17-13-7-16(15(19)8-14(13)18)20-9-10-2-1-3-12(6-10)11-4-5-11/h1-3,6-8,11,20H,4-5,9H2. The Kier molecular flexibility index (Phi) is 3.74. The Morgan fingerprint density at radius 3 is 2.65 bits per heavy atom. The van der Waals surface area contributed by atoms with E-state index in [0.717, 1.165) is 11.6 Å². The van der Waals surface area contributed by atoms with Crippen molar-refractivity contribution in [3.05, 3.63) is 63.6 Å². The molecular weight excluding hydrogens is 324 g/mol. The Morgan fingerprint density at radius 2 is 1.90 bits per heavy atom. The van der Waals surface area contributed by atoms with Gasteiger partial charge in [-0.25, -0.2) is 8.78 Å². The van der Waals surface area contributed by atoms with Gasteiger partial charge in [0.25, 0.3) is 0 Å². The van der Waals surface area contributed by atoms with Crippen LogP contribution in [0.3, 0.4) is 0 Å². The smallest absolute Gasteiger partial charge is 0.149 e. The number of hydrogen-bond donors (Lipinski definition) is 1. The lowest BCUT2D eigenvalue weighted by molar-refractivity contribution is 0.580. The van der Waals surface area contributed by atoms with Crippen molar-refractivity contribution >= 4 is 21.6 Å². The average molecular weight is 338 g/mol. The second kappa shape index (κ2) is 5.52. The molecule has 0 amide bonds. The minimum atomic E-state index is -0.594. The summed E-state index contributed by atoms with van der Waals surface area (Å²) in [7, 11) is 0. The van der Waals surface area contributed by atoms with E-state index in [1.807, 2.05) is 12.1 Å². The van der Waals surface area contributed by atoms with E-state index < -0.39 is 11.6 Å². The van der Waals surface area contributed by atoms with E-state index in [2.05, 4.69) is 33.4 Å². The van der Waals surface area contributed by atoms with Crippen molar-refractivity contribution in [2.24, 2.45) is 0 Å². The summed E-state index contributed by atoms with van der Waals surface area (Å²) in [5.41, 5.74) is 2.76. The quantitative estimate of drug-likeness (QED) is 0.754. The number of benzene rings is 2. The monoisotopic (exact) mass is 337 g/mol. The number of hydrogen-bond acceptors (Lipinski definition) is 1. The number of rotatable bonds is 4. The highest BCUT2D eigenvalue weighted by molar-refractivity contribution is 9.10. The SMILES string of the molecule is Fc1cc(F)c(NCc2cccc(C3CC3)c2)cc1Br. The Labute approximate surface area is 125 Å². The van der Waals surface area contributed by atoms with Gasteiger partial charge in [-0.2, -0.15) is 0 Å². The lowest BCUT2D eigenvalue weighted by Crippen LogP contribution is -2.02. The van der Waals surface area contributed by atoms with Gasteiger partial charge in [-0.05, 0) is 51.9 Å². The van der Waals surface area contributed by atoms with Crippen LogP contribution >= 0.6 is 15.9 Å². The van der Waals surface area contributed by atoms with Crippen molar-refractivity contribution in [1.29, 1.82) is 0 Å². The Hall–Kier alpha value is -1.42. The van der Waals surface area contributed by atoms with Gasteiger partial charge in [-0.3, -0.25) is 0 Å². The molecule has 3 rings (SSSR count). The molecule has 1 aliphatic carbocycles. The highest BCUT2D eigenvalue weighted by Gasteiger charge is 2.23. The second-order valence-electron chi connectivity index (χ2n) is 5.12. The van der Waals surface area contributed by atoms with E-state index in [1.54, 1.807) is 0 Å². The summed E-state index contributed by atoms with van der Waals surface area (Å²) in [5, 5.41) is 3.01. The van der Waals surface area contributed by atoms with Crippen molar-refractivity contribution in [2.45, 2.75) is 25.3 Å². The van der Waals surface area contributed by atoms with Gasteiger partial charge in [-0.1, -0.05) is 24.3 Å². The lowest BCUT2D eigenvalue weighted by Gasteiger charge is -2.10. The van der Waals surface area contributed by atoms with Crippen LogP contribution in [0.2, 0.25) is 0 Å². The first-order chi connectivity index (χ1) is 9.63. The highest BCUT2D eigenvalue weighted by Crippen LogP contribution is 2.40. The molecule has 0 spiro atoms. The average Bonchev–Trinajstić information content (AvgIpc) is 3.26. The largest absolute Gasteiger partial charge is 0.379 e. The van der Waals surface area contributed by atoms with Gasteiger partial charge in [0.2, 0.25) is 0 Å². The number of anilines is 1. The van der Waals surface area contributed by atoms with Crippen LogP contribution in [0.25, 0.3) is 0 Å². The van der Waals surface area contributed by atoms with E-state index >= 15 is 0 Å². The Bertz CT molecular complexity index is 638. The maximum absolute atomic E-state index is 13.6. The minimum absolute atomic E-state index is 0.258. The maximum atomic E-state index is 13.6. The summed E-state index contributed by atoms with van der Waals surface area (Å²) in [6, 6.07) is 10.6. The zero-order chi connectivity index (χ0) is 14.1. The molecule has 1 saturated carbocycles. The Balaban J connectivity index is 1.73. The first kappa shape index (κ1) is 13.6. The molecule has 1 fully saturated rings. The molecule has 0 heterocycles. The van der Waals surface area contributed by atoms with Crippen molar-refractivity contribution < 1.29 is 8.78 Å². The zero-order valence-electron chi connectivity index (χ0n) is 10.8. The van der Waals surface area contributed by atoms with Crippen LogP contribution in [0.5, 0.6) is 0 Å². The summed E-state index contributed by atoms with van der Waals surface area (Å²) in [4.78, 5) is 0. The van der Waals surface area contributed by atoms with Crippen LogP contribution in [0, 0.1) is 11.6 Å². The fourth-order valence-corrected chi connectivity index (χ4v) is 2.57. The molecule has 1 nitrogen and oxygen atoms in total. The van der Waals surface area contributed by atoms with E-state index in [4.69, 9.17) is 0 Å². The van der Waals surface area contributed by atoms with Gasteiger partial charge >= 0.3 is 0 Å². The van der Waals surface area contributed by atoms with Gasteiger partial charge in [0, 0.05) is 12.6 Å². The minimum Gasteiger partial charge on any atom is -0.379 e. The van der Waals surface area contributed by atoms with E-state index in [0.29, 0.717) is 18.2 Å². The van der Waals surface area contributed by atoms with Gasteiger partial charge in [0.15, 0.2) is 0 Å². The summed E-state index contributed by atoms with van der Waals surface area (Å²) >= 11 is 3.06. The molecule has 4 heteroatoms. The lowest BCUT2D eigenvalue weighted by atomic mass is 10.1. The second-order valence-corrected chi connectivity index (χ2v) is 5.97. The molecule has 0 saturated heterocycles. The normalized spacial score (nSPS) is 14.3. The predicted octanol–water partition coefficient (Wildman–Crippen LogP) is 5.22. The predicted molar refractivity (Wildman–Crippen MR) is 79.8 cm³/mol. The molecule has 20 heavy (non-hydrogen) atoms. The van der Waals surface area contributed by atoms with Crippen molar-refractivity contribution in [3.63, 3.8) is 0 Å². The molecule has 1 N–H and O–H groups in total. The van der Waals surface area contributed by atoms with Crippen molar-refractivity contribution in [2.75, 3.05) is 5.32 Å². The van der Waals surface area contributed by atoms with E-state index in [1.165, 1.54) is 24.5 Å².